The molecule has 0 bridgehead atoms. The van der Waals surface area contributed by atoms with E-state index < -0.39 is 5.97 Å². The number of hydrogen-bond donors (Lipinski definition) is 2. The Morgan fingerprint density at radius 2 is 1.32 bits per heavy atom. The van der Waals surface area contributed by atoms with Crippen LogP contribution in [-0.2, 0) is 0 Å². The van der Waals surface area contributed by atoms with Gasteiger partial charge in [-0.1, -0.05) is 12.1 Å². The molecule has 0 aliphatic carbocycles. The summed E-state index contributed by atoms with van der Waals surface area (Å²) in [5, 5.41) is 11.9. The van der Waals surface area contributed by atoms with Gasteiger partial charge in [-0.05, 0) is 133 Å². The fourth-order valence-corrected chi connectivity index (χ4v) is 4.35. The Bertz CT molecular complexity index is 885. The number of aromatic carboxylic acids is 1. The normalized spacial score (nSPS) is 14.9. The molecule has 5 nitrogen and oxygen atoms in total. The molecule has 7 heteroatoms. The fourth-order valence-electron chi connectivity index (χ4n) is 3.36. The summed E-state index contributed by atoms with van der Waals surface area (Å²) in [5.41, 5.74) is 3.13. The molecule has 0 aromatic heterocycles. The summed E-state index contributed by atoms with van der Waals surface area (Å²) >= 11 is 4.34. The van der Waals surface area contributed by atoms with E-state index in [2.05, 4.69) is 50.5 Å². The third-order valence-electron chi connectivity index (χ3n) is 5.21. The Hall–Kier alpha value is -1.20. The highest BCUT2D eigenvalue weighted by Gasteiger charge is 2.20. The lowest BCUT2D eigenvalue weighted by Crippen LogP contribution is -2.28. The first-order valence-electron chi connectivity index (χ1n) is 10.5. The van der Waals surface area contributed by atoms with E-state index in [-0.39, 0.29) is 5.91 Å². The maximum absolute atomic E-state index is 12.1. The summed E-state index contributed by atoms with van der Waals surface area (Å²) in [6.07, 6.45) is 5.07. The van der Waals surface area contributed by atoms with Gasteiger partial charge in [0.05, 0.1) is 5.56 Å². The fraction of sp³-hybridized carbons (Fsp3) is 0.417. The number of hydrogen-bond acceptors (Lipinski definition) is 3. The lowest BCUT2D eigenvalue weighted by atomic mass is 10.1. The van der Waals surface area contributed by atoms with Crippen LogP contribution in [0.25, 0.3) is 0 Å². The predicted octanol–water partition coefficient (Wildman–Crippen LogP) is 5.50. The molecule has 0 atom stereocenters. The molecule has 1 amide bonds. The molecular weight excluding hydrogens is 618 g/mol. The van der Waals surface area contributed by atoms with Gasteiger partial charge in [0.15, 0.2) is 0 Å². The third kappa shape index (κ3) is 8.69. The second kappa shape index (κ2) is 13.4. The van der Waals surface area contributed by atoms with Crippen molar-refractivity contribution in [3.8, 4) is 0 Å². The number of carboxylic acids is 1. The number of aryl methyl sites for hydroxylation is 2. The topological polar surface area (TPSA) is 69.6 Å². The van der Waals surface area contributed by atoms with E-state index in [1.807, 2.05) is 42.2 Å². The summed E-state index contributed by atoms with van der Waals surface area (Å²) in [6, 6.07) is 11.4. The van der Waals surface area contributed by atoms with Gasteiger partial charge in [-0.15, -0.1) is 0 Å². The van der Waals surface area contributed by atoms with Crippen LogP contribution in [0.15, 0.2) is 36.4 Å². The smallest absolute Gasteiger partial charge is 0.335 e. The molecular formula is C24H30I2N2O3. The van der Waals surface area contributed by atoms with E-state index >= 15 is 0 Å². The molecule has 2 saturated heterocycles. The lowest BCUT2D eigenvalue weighted by molar-refractivity contribution is 0.0695. The summed E-state index contributed by atoms with van der Waals surface area (Å²) in [7, 11) is 0. The summed E-state index contributed by atoms with van der Waals surface area (Å²) in [4.78, 5) is 24.7. The Morgan fingerprint density at radius 1 is 0.839 bits per heavy atom. The van der Waals surface area contributed by atoms with E-state index in [0.29, 0.717) is 5.56 Å². The van der Waals surface area contributed by atoms with Gasteiger partial charge >= 0.3 is 5.97 Å². The van der Waals surface area contributed by atoms with Crippen molar-refractivity contribution in [2.75, 3.05) is 26.2 Å². The second-order valence-electron chi connectivity index (χ2n) is 7.68. The Kier molecular flexibility index (Phi) is 11.2. The Morgan fingerprint density at radius 3 is 1.74 bits per heavy atom. The molecule has 4 rings (SSSR count). The molecule has 2 heterocycles. The summed E-state index contributed by atoms with van der Waals surface area (Å²) in [6.45, 7) is 8.13. The molecule has 2 aromatic rings. The molecule has 0 unspecified atom stereocenters. The SMILES string of the molecule is C1CCNC1.Cc1ccc(I)cc1C(=O)N1CCCC1.Cc1ccc(I)cc1C(=O)O. The zero-order valence-corrected chi connectivity index (χ0v) is 22.4. The number of amides is 1. The minimum Gasteiger partial charge on any atom is -0.478 e. The van der Waals surface area contributed by atoms with Gasteiger partial charge in [-0.2, -0.15) is 0 Å². The highest BCUT2D eigenvalue weighted by Crippen LogP contribution is 2.18. The largest absolute Gasteiger partial charge is 0.478 e. The van der Waals surface area contributed by atoms with E-state index in [1.54, 1.807) is 13.0 Å². The zero-order valence-electron chi connectivity index (χ0n) is 18.1. The molecule has 2 N–H and O–H groups in total. The number of nitrogens with zero attached hydrogens (tertiary/aromatic N) is 1. The number of carboxylic acid groups (broad SMARTS) is 1. The monoisotopic (exact) mass is 648 g/mol. The Balaban J connectivity index is 0.000000186. The quantitative estimate of drug-likeness (QED) is 0.423. The van der Waals surface area contributed by atoms with Gasteiger partial charge in [-0.25, -0.2) is 4.79 Å². The first-order valence-corrected chi connectivity index (χ1v) is 12.7. The van der Waals surface area contributed by atoms with E-state index in [4.69, 9.17) is 5.11 Å². The highest BCUT2D eigenvalue weighted by atomic mass is 127. The number of likely N-dealkylation sites (tertiary alicyclic amines) is 1. The van der Waals surface area contributed by atoms with Crippen LogP contribution in [0.1, 0.15) is 57.5 Å². The van der Waals surface area contributed by atoms with E-state index in [9.17, 15) is 9.59 Å². The van der Waals surface area contributed by atoms with Crippen LogP contribution in [-0.4, -0.2) is 48.1 Å². The molecule has 0 radical (unpaired) electrons. The molecule has 2 fully saturated rings. The van der Waals surface area contributed by atoms with Gasteiger partial charge in [-0.3, -0.25) is 4.79 Å². The first-order chi connectivity index (χ1) is 14.8. The predicted molar refractivity (Wildman–Crippen MR) is 142 cm³/mol. The van der Waals surface area contributed by atoms with Crippen LogP contribution in [0.4, 0.5) is 0 Å². The zero-order chi connectivity index (χ0) is 22.8. The van der Waals surface area contributed by atoms with Crippen LogP contribution < -0.4 is 5.32 Å². The highest BCUT2D eigenvalue weighted by molar-refractivity contribution is 14.1. The average Bonchev–Trinajstić information content (AvgIpc) is 3.48. The number of nitrogens with one attached hydrogen (secondary N) is 1. The van der Waals surface area contributed by atoms with E-state index in [0.717, 1.165) is 49.8 Å². The molecule has 0 saturated carbocycles. The number of benzene rings is 2. The number of carbonyl (C=O) groups is 2. The van der Waals surface area contributed by atoms with Crippen LogP contribution in [0.5, 0.6) is 0 Å². The van der Waals surface area contributed by atoms with Crippen molar-refractivity contribution >= 4 is 57.1 Å². The van der Waals surface area contributed by atoms with Gasteiger partial charge in [0.1, 0.15) is 0 Å². The van der Waals surface area contributed by atoms with Crippen LogP contribution in [0.2, 0.25) is 0 Å². The standard InChI is InChI=1S/C12H14INO.C8H7IO2.C4H9N/c1-9-4-5-10(13)8-11(9)12(15)14-6-2-3-7-14;1-5-2-3-6(9)4-7(5)8(10)11;1-2-4-5-3-1/h4-5,8H,2-3,6-7H2,1H3;2-4H,1H3,(H,10,11);5H,1-4H2. The van der Waals surface area contributed by atoms with Gasteiger partial charge in [0.2, 0.25) is 0 Å². The maximum Gasteiger partial charge on any atom is 0.335 e. The number of carbonyl (C=O) groups excluding carboxylic acids is 1. The molecule has 168 valence electrons. The van der Waals surface area contributed by atoms with Crippen LogP contribution >= 0.6 is 45.2 Å². The lowest BCUT2D eigenvalue weighted by Gasteiger charge is -2.16. The summed E-state index contributed by atoms with van der Waals surface area (Å²) < 4.78 is 2.08. The minimum absolute atomic E-state index is 0.198. The number of rotatable bonds is 2. The first kappa shape index (κ1) is 26.1. The van der Waals surface area contributed by atoms with Crippen molar-refractivity contribution < 1.29 is 14.7 Å². The third-order valence-corrected chi connectivity index (χ3v) is 6.55. The van der Waals surface area contributed by atoms with Crippen LogP contribution in [0, 0.1) is 21.0 Å². The van der Waals surface area contributed by atoms with Crippen molar-refractivity contribution in [2.45, 2.75) is 39.5 Å². The van der Waals surface area contributed by atoms with E-state index in [1.165, 1.54) is 25.9 Å². The number of halogens is 2. The molecule has 2 aliphatic rings. The minimum atomic E-state index is -0.860. The van der Waals surface area contributed by atoms with Crippen molar-refractivity contribution in [1.29, 1.82) is 0 Å². The molecule has 2 aromatic carbocycles. The van der Waals surface area contributed by atoms with Gasteiger partial charge in [0.25, 0.3) is 5.91 Å². The molecule has 0 spiro atoms. The van der Waals surface area contributed by atoms with Crippen LogP contribution in [0.3, 0.4) is 0 Å². The summed E-state index contributed by atoms with van der Waals surface area (Å²) in [5.74, 6) is -0.662. The van der Waals surface area contributed by atoms with Crippen molar-refractivity contribution in [3.05, 3.63) is 65.8 Å². The Labute approximate surface area is 212 Å². The van der Waals surface area contributed by atoms with Crippen molar-refractivity contribution in [1.82, 2.24) is 10.2 Å². The van der Waals surface area contributed by atoms with Gasteiger partial charge < -0.3 is 15.3 Å². The van der Waals surface area contributed by atoms with Crippen molar-refractivity contribution in [3.63, 3.8) is 0 Å². The second-order valence-corrected chi connectivity index (χ2v) is 10.2. The van der Waals surface area contributed by atoms with Crippen molar-refractivity contribution in [2.24, 2.45) is 0 Å². The molecule has 31 heavy (non-hydrogen) atoms. The molecule has 2 aliphatic heterocycles. The maximum atomic E-state index is 12.1. The average molecular weight is 648 g/mol. The van der Waals surface area contributed by atoms with Gasteiger partial charge in [0, 0.05) is 25.8 Å².